The predicted octanol–water partition coefficient (Wildman–Crippen LogP) is -0.814. The smallest absolute Gasteiger partial charge is 0.341 e. The molecule has 17 heavy (non-hydrogen) atoms. The summed E-state index contributed by atoms with van der Waals surface area (Å²) in [5, 5.41) is 19.2. The first-order chi connectivity index (χ1) is 8.06. The van der Waals surface area contributed by atoms with E-state index in [1.54, 1.807) is 6.07 Å². The second-order valence-electron chi connectivity index (χ2n) is 3.09. The maximum atomic E-state index is 11.6. The third-order valence-electron chi connectivity index (χ3n) is 1.93. The minimum Gasteiger partial charge on any atom is -0.477 e. The third-order valence-corrected chi connectivity index (χ3v) is 1.93. The fraction of sp³-hybridized carbons (Fsp3) is 0.200. The van der Waals surface area contributed by atoms with E-state index < -0.39 is 23.0 Å². The van der Waals surface area contributed by atoms with E-state index in [-0.39, 0.29) is 13.1 Å². The molecule has 0 radical (unpaired) electrons. The van der Waals surface area contributed by atoms with Crippen LogP contribution >= 0.6 is 0 Å². The van der Waals surface area contributed by atoms with E-state index in [4.69, 9.17) is 10.4 Å². The SMILES string of the molecule is N#CCNC(=O)Cn1cccc(C(=O)O)c1=O. The summed E-state index contributed by atoms with van der Waals surface area (Å²) >= 11 is 0. The molecule has 0 aliphatic carbocycles. The molecule has 0 saturated heterocycles. The van der Waals surface area contributed by atoms with E-state index in [0.29, 0.717) is 0 Å². The van der Waals surface area contributed by atoms with Crippen LogP contribution in [0.5, 0.6) is 0 Å². The van der Waals surface area contributed by atoms with E-state index in [0.717, 1.165) is 10.6 Å². The van der Waals surface area contributed by atoms with E-state index in [2.05, 4.69) is 5.32 Å². The number of carbonyl (C=O) groups excluding carboxylic acids is 1. The van der Waals surface area contributed by atoms with Crippen molar-refractivity contribution in [1.82, 2.24) is 9.88 Å². The first kappa shape index (κ1) is 12.4. The molecule has 0 spiro atoms. The van der Waals surface area contributed by atoms with Gasteiger partial charge in [0.25, 0.3) is 5.56 Å². The van der Waals surface area contributed by atoms with E-state index in [1.807, 2.05) is 0 Å². The van der Waals surface area contributed by atoms with Gasteiger partial charge in [0.15, 0.2) is 0 Å². The van der Waals surface area contributed by atoms with Gasteiger partial charge in [-0.3, -0.25) is 9.59 Å². The highest BCUT2D eigenvalue weighted by molar-refractivity contribution is 5.87. The average Bonchev–Trinajstić information content (AvgIpc) is 2.28. The molecule has 1 aromatic heterocycles. The molecule has 0 aromatic carbocycles. The molecule has 1 heterocycles. The zero-order chi connectivity index (χ0) is 12.8. The van der Waals surface area contributed by atoms with Crippen LogP contribution in [-0.4, -0.2) is 28.1 Å². The third kappa shape index (κ3) is 3.17. The summed E-state index contributed by atoms with van der Waals surface area (Å²) in [4.78, 5) is 33.5. The van der Waals surface area contributed by atoms with Crippen molar-refractivity contribution in [3.05, 3.63) is 34.2 Å². The maximum Gasteiger partial charge on any atom is 0.341 e. The minimum atomic E-state index is -1.35. The molecule has 0 aliphatic rings. The number of carboxylic acid groups (broad SMARTS) is 1. The van der Waals surface area contributed by atoms with Gasteiger partial charge in [-0.05, 0) is 12.1 Å². The molecule has 7 nitrogen and oxygen atoms in total. The van der Waals surface area contributed by atoms with Gasteiger partial charge in [-0.1, -0.05) is 0 Å². The topological polar surface area (TPSA) is 112 Å². The number of aromatic carboxylic acids is 1. The van der Waals surface area contributed by atoms with Crippen LogP contribution in [0.2, 0.25) is 0 Å². The summed E-state index contributed by atoms with van der Waals surface area (Å²) in [6.45, 7) is -0.478. The molecule has 1 aromatic rings. The van der Waals surface area contributed by atoms with Crippen LogP contribution in [0.1, 0.15) is 10.4 Å². The van der Waals surface area contributed by atoms with Crippen LogP contribution in [0.15, 0.2) is 23.1 Å². The Labute approximate surface area is 95.9 Å². The minimum absolute atomic E-state index is 0.161. The molecule has 88 valence electrons. The molecule has 0 atom stereocenters. The first-order valence-corrected chi connectivity index (χ1v) is 4.62. The Bertz CT molecular complexity index is 541. The summed E-state index contributed by atoms with van der Waals surface area (Å²) in [7, 11) is 0. The lowest BCUT2D eigenvalue weighted by Gasteiger charge is -2.05. The van der Waals surface area contributed by atoms with Crippen LogP contribution in [0, 0.1) is 11.3 Å². The van der Waals surface area contributed by atoms with Crippen molar-refractivity contribution in [3.8, 4) is 6.07 Å². The van der Waals surface area contributed by atoms with Gasteiger partial charge >= 0.3 is 5.97 Å². The molecule has 0 unspecified atom stereocenters. The highest BCUT2D eigenvalue weighted by Gasteiger charge is 2.11. The highest BCUT2D eigenvalue weighted by atomic mass is 16.4. The number of carbonyl (C=O) groups is 2. The van der Waals surface area contributed by atoms with Gasteiger partial charge in [0.1, 0.15) is 18.7 Å². The summed E-state index contributed by atoms with van der Waals surface area (Å²) in [5.41, 5.74) is -1.16. The van der Waals surface area contributed by atoms with Crippen molar-refractivity contribution in [2.24, 2.45) is 0 Å². The van der Waals surface area contributed by atoms with Gasteiger partial charge in [0.05, 0.1) is 6.07 Å². The lowest BCUT2D eigenvalue weighted by atomic mass is 10.3. The van der Waals surface area contributed by atoms with Gasteiger partial charge in [0, 0.05) is 6.20 Å². The van der Waals surface area contributed by atoms with Crippen molar-refractivity contribution in [2.75, 3.05) is 6.54 Å². The van der Waals surface area contributed by atoms with Crippen LogP contribution in [0.25, 0.3) is 0 Å². The molecule has 0 bridgehead atoms. The molecular weight excluding hydrogens is 226 g/mol. The summed E-state index contributed by atoms with van der Waals surface area (Å²) < 4.78 is 0.968. The number of aromatic nitrogens is 1. The van der Waals surface area contributed by atoms with E-state index in [9.17, 15) is 14.4 Å². The van der Waals surface area contributed by atoms with Gasteiger partial charge in [-0.15, -0.1) is 0 Å². The Morgan fingerprint density at radius 3 is 2.82 bits per heavy atom. The van der Waals surface area contributed by atoms with Crippen molar-refractivity contribution >= 4 is 11.9 Å². The Morgan fingerprint density at radius 2 is 2.24 bits per heavy atom. The van der Waals surface area contributed by atoms with Crippen LogP contribution in [0.3, 0.4) is 0 Å². The van der Waals surface area contributed by atoms with Crippen LogP contribution < -0.4 is 10.9 Å². The molecule has 0 aliphatic heterocycles. The van der Waals surface area contributed by atoms with Crippen molar-refractivity contribution < 1.29 is 14.7 Å². The fourth-order valence-corrected chi connectivity index (χ4v) is 1.17. The monoisotopic (exact) mass is 235 g/mol. The van der Waals surface area contributed by atoms with Crippen molar-refractivity contribution in [1.29, 1.82) is 5.26 Å². The summed E-state index contributed by atoms with van der Waals surface area (Å²) in [5.74, 6) is -1.88. The normalized spacial score (nSPS) is 9.35. The Balaban J connectivity index is 2.90. The molecule has 2 N–H and O–H groups in total. The van der Waals surface area contributed by atoms with Crippen LogP contribution in [0.4, 0.5) is 0 Å². The highest BCUT2D eigenvalue weighted by Crippen LogP contribution is 1.92. The second-order valence-corrected chi connectivity index (χ2v) is 3.09. The molecule has 1 amide bonds. The first-order valence-electron chi connectivity index (χ1n) is 4.62. The van der Waals surface area contributed by atoms with Crippen LogP contribution in [-0.2, 0) is 11.3 Å². The molecule has 0 fully saturated rings. The number of hydrogen-bond donors (Lipinski definition) is 2. The molecule has 1 rings (SSSR count). The Morgan fingerprint density at radius 1 is 1.53 bits per heavy atom. The average molecular weight is 235 g/mol. The quantitative estimate of drug-likeness (QED) is 0.662. The molecular formula is C10H9N3O4. The largest absolute Gasteiger partial charge is 0.477 e. The van der Waals surface area contributed by atoms with Gasteiger partial charge in [-0.2, -0.15) is 5.26 Å². The number of nitriles is 1. The number of carboxylic acids is 1. The van der Waals surface area contributed by atoms with E-state index in [1.165, 1.54) is 12.3 Å². The van der Waals surface area contributed by atoms with E-state index >= 15 is 0 Å². The fourth-order valence-electron chi connectivity index (χ4n) is 1.17. The van der Waals surface area contributed by atoms with Gasteiger partial charge < -0.3 is 15.0 Å². The number of hydrogen-bond acceptors (Lipinski definition) is 4. The second kappa shape index (κ2) is 5.46. The Hall–Kier alpha value is -2.62. The maximum absolute atomic E-state index is 11.6. The number of pyridine rings is 1. The van der Waals surface area contributed by atoms with Crippen molar-refractivity contribution in [3.63, 3.8) is 0 Å². The number of rotatable bonds is 4. The lowest BCUT2D eigenvalue weighted by molar-refractivity contribution is -0.121. The zero-order valence-corrected chi connectivity index (χ0v) is 8.71. The standard InChI is InChI=1S/C10H9N3O4/c11-3-4-12-8(14)6-13-5-1-2-7(9(13)15)10(16)17/h1-2,5H,4,6H2,(H,12,14)(H,16,17). The number of nitrogens with one attached hydrogen (secondary N) is 1. The summed E-state index contributed by atoms with van der Waals surface area (Å²) in [6.07, 6.45) is 1.31. The molecule has 7 heteroatoms. The number of amides is 1. The predicted molar refractivity (Wildman–Crippen MR) is 56.3 cm³/mol. The Kier molecular flexibility index (Phi) is 4.00. The summed E-state index contributed by atoms with van der Waals surface area (Å²) in [6, 6.07) is 4.24. The van der Waals surface area contributed by atoms with Gasteiger partial charge in [-0.25, -0.2) is 4.79 Å². The number of nitrogens with zero attached hydrogens (tertiary/aromatic N) is 2. The van der Waals surface area contributed by atoms with Crippen molar-refractivity contribution in [2.45, 2.75) is 6.54 Å². The molecule has 0 saturated carbocycles. The lowest BCUT2D eigenvalue weighted by Crippen LogP contribution is -2.34. The zero-order valence-electron chi connectivity index (χ0n) is 8.71. The van der Waals surface area contributed by atoms with Gasteiger partial charge in [0.2, 0.25) is 5.91 Å².